The largest absolute Gasteiger partial charge is 0.353 e. The van der Waals surface area contributed by atoms with Crippen LogP contribution in [0, 0.1) is 0 Å². The minimum Gasteiger partial charge on any atom is -0.353 e. The van der Waals surface area contributed by atoms with Crippen LogP contribution in [0.25, 0.3) is 0 Å². The molecule has 3 rings (SSSR count). The van der Waals surface area contributed by atoms with Crippen LogP contribution in [-0.4, -0.2) is 43.4 Å². The van der Waals surface area contributed by atoms with Crippen LogP contribution >= 0.6 is 0 Å². The van der Waals surface area contributed by atoms with Gasteiger partial charge in [0.15, 0.2) is 5.82 Å². The smallest absolute Gasteiger partial charge is 0.318 e. The molecule has 7 heteroatoms. The van der Waals surface area contributed by atoms with E-state index in [0.717, 1.165) is 31.8 Å². The van der Waals surface area contributed by atoms with E-state index < -0.39 is 0 Å². The lowest BCUT2D eigenvalue weighted by Gasteiger charge is -2.24. The van der Waals surface area contributed by atoms with Crippen molar-refractivity contribution in [2.45, 2.75) is 25.4 Å². The van der Waals surface area contributed by atoms with Crippen molar-refractivity contribution in [1.29, 1.82) is 0 Å². The summed E-state index contributed by atoms with van der Waals surface area (Å²) in [6, 6.07) is 3.97. The van der Waals surface area contributed by atoms with Gasteiger partial charge in [-0.3, -0.25) is 0 Å². The van der Waals surface area contributed by atoms with Crippen molar-refractivity contribution in [3.63, 3.8) is 0 Å². The summed E-state index contributed by atoms with van der Waals surface area (Å²) in [7, 11) is 1.91. The molecule has 0 unspecified atom stereocenters. The van der Waals surface area contributed by atoms with Crippen LogP contribution in [0.1, 0.15) is 24.7 Å². The first-order valence-electron chi connectivity index (χ1n) is 7.25. The Bertz CT molecular complexity index is 590. The van der Waals surface area contributed by atoms with Crippen molar-refractivity contribution in [3.05, 3.63) is 36.7 Å². The second-order valence-electron chi connectivity index (χ2n) is 5.30. The highest BCUT2D eigenvalue weighted by Crippen LogP contribution is 2.30. The Morgan fingerprint density at radius 3 is 2.95 bits per heavy atom. The number of nitrogens with zero attached hydrogens (tertiary/aromatic N) is 5. The molecule has 1 aliphatic rings. The highest BCUT2D eigenvalue weighted by atomic mass is 16.2. The van der Waals surface area contributed by atoms with Crippen LogP contribution in [0.3, 0.4) is 0 Å². The molecule has 112 valence electrons. The van der Waals surface area contributed by atoms with E-state index in [1.807, 2.05) is 45.6 Å². The molecule has 1 fully saturated rings. The summed E-state index contributed by atoms with van der Waals surface area (Å²) in [4.78, 5) is 14.2. The quantitative estimate of drug-likeness (QED) is 0.918. The molecule has 0 spiro atoms. The van der Waals surface area contributed by atoms with Gasteiger partial charge in [-0.1, -0.05) is 0 Å². The summed E-state index contributed by atoms with van der Waals surface area (Å²) >= 11 is 0. The molecule has 0 aromatic carbocycles. The molecule has 3 heterocycles. The van der Waals surface area contributed by atoms with Crippen molar-refractivity contribution >= 4 is 6.03 Å². The minimum absolute atomic E-state index is 0.0207. The Morgan fingerprint density at radius 2 is 2.24 bits per heavy atom. The van der Waals surface area contributed by atoms with Crippen LogP contribution in [0.2, 0.25) is 0 Å². The lowest BCUT2D eigenvalue weighted by atomic mass is 10.2. The third-order valence-electron chi connectivity index (χ3n) is 3.87. The Morgan fingerprint density at radius 1 is 1.43 bits per heavy atom. The number of carbonyl (C=O) groups is 1. The average molecular weight is 288 g/mol. The molecule has 21 heavy (non-hydrogen) atoms. The second kappa shape index (κ2) is 5.99. The molecule has 0 bridgehead atoms. The monoisotopic (exact) mass is 288 g/mol. The zero-order chi connectivity index (χ0) is 14.7. The molecule has 2 aromatic rings. The first kappa shape index (κ1) is 13.7. The molecule has 2 amide bonds. The van der Waals surface area contributed by atoms with Crippen LogP contribution in [0.5, 0.6) is 0 Å². The van der Waals surface area contributed by atoms with Gasteiger partial charge in [0.05, 0.1) is 6.04 Å². The van der Waals surface area contributed by atoms with Crippen molar-refractivity contribution < 1.29 is 4.79 Å². The molecular weight excluding hydrogens is 268 g/mol. The van der Waals surface area contributed by atoms with E-state index in [2.05, 4.69) is 15.5 Å². The van der Waals surface area contributed by atoms with Crippen LogP contribution in [0.4, 0.5) is 4.79 Å². The van der Waals surface area contributed by atoms with Gasteiger partial charge in [0.1, 0.15) is 6.33 Å². The maximum atomic E-state index is 12.3. The zero-order valence-electron chi connectivity index (χ0n) is 12.1. The lowest BCUT2D eigenvalue weighted by molar-refractivity contribution is 0.189. The number of aromatic nitrogens is 4. The third kappa shape index (κ3) is 2.91. The van der Waals surface area contributed by atoms with Crippen LogP contribution in [-0.2, 0) is 13.6 Å². The second-order valence-corrected chi connectivity index (χ2v) is 5.30. The highest BCUT2D eigenvalue weighted by molar-refractivity contribution is 5.74. The van der Waals surface area contributed by atoms with Crippen LogP contribution in [0.15, 0.2) is 30.9 Å². The number of hydrogen-bond acceptors (Lipinski definition) is 3. The van der Waals surface area contributed by atoms with E-state index >= 15 is 0 Å². The number of hydrogen-bond donors (Lipinski definition) is 1. The van der Waals surface area contributed by atoms with Crippen molar-refractivity contribution in [2.75, 3.05) is 13.1 Å². The van der Waals surface area contributed by atoms with Gasteiger partial charge < -0.3 is 19.4 Å². The predicted molar refractivity (Wildman–Crippen MR) is 77.5 cm³/mol. The fourth-order valence-corrected chi connectivity index (χ4v) is 2.78. The van der Waals surface area contributed by atoms with Gasteiger partial charge in [-0.25, -0.2) is 4.79 Å². The van der Waals surface area contributed by atoms with Crippen molar-refractivity contribution in [3.8, 4) is 0 Å². The maximum absolute atomic E-state index is 12.3. The van der Waals surface area contributed by atoms with Gasteiger partial charge in [0, 0.05) is 39.1 Å². The summed E-state index contributed by atoms with van der Waals surface area (Å²) in [5, 5.41) is 11.0. The first-order chi connectivity index (χ1) is 10.3. The summed E-state index contributed by atoms with van der Waals surface area (Å²) in [6.07, 6.45) is 7.60. The van der Waals surface area contributed by atoms with E-state index in [1.54, 1.807) is 6.33 Å². The average Bonchev–Trinajstić information content (AvgIpc) is 3.18. The molecule has 0 radical (unpaired) electrons. The molecule has 7 nitrogen and oxygen atoms in total. The van der Waals surface area contributed by atoms with E-state index in [0.29, 0.717) is 6.54 Å². The van der Waals surface area contributed by atoms with Gasteiger partial charge in [0.25, 0.3) is 0 Å². The number of carbonyl (C=O) groups excluding carboxylic acids is 1. The van der Waals surface area contributed by atoms with E-state index in [-0.39, 0.29) is 12.1 Å². The number of likely N-dealkylation sites (tertiary alicyclic amines) is 1. The molecule has 1 atom stereocenters. The third-order valence-corrected chi connectivity index (χ3v) is 3.87. The van der Waals surface area contributed by atoms with Gasteiger partial charge >= 0.3 is 6.03 Å². The molecule has 0 saturated carbocycles. The summed E-state index contributed by atoms with van der Waals surface area (Å²) in [5.74, 6) is 0.855. The van der Waals surface area contributed by atoms with Gasteiger partial charge in [-0.05, 0) is 25.0 Å². The van der Waals surface area contributed by atoms with E-state index in [4.69, 9.17) is 0 Å². The Balaban J connectivity index is 1.57. The number of aryl methyl sites for hydroxylation is 1. The Labute approximate surface area is 123 Å². The molecule has 1 N–H and O–H groups in total. The number of rotatable bonds is 4. The Hall–Kier alpha value is -2.31. The Kier molecular flexibility index (Phi) is 3.89. The normalized spacial score (nSPS) is 18.1. The topological polar surface area (TPSA) is 68.0 Å². The number of amides is 2. The fourth-order valence-electron chi connectivity index (χ4n) is 2.78. The van der Waals surface area contributed by atoms with Gasteiger partial charge in [-0.15, -0.1) is 10.2 Å². The van der Waals surface area contributed by atoms with Crippen LogP contribution < -0.4 is 5.32 Å². The molecule has 2 aromatic heterocycles. The summed E-state index contributed by atoms with van der Waals surface area (Å²) < 4.78 is 3.93. The summed E-state index contributed by atoms with van der Waals surface area (Å²) in [6.45, 7) is 2.17. The van der Waals surface area contributed by atoms with Crippen molar-refractivity contribution in [2.24, 2.45) is 7.05 Å². The summed E-state index contributed by atoms with van der Waals surface area (Å²) in [5.41, 5.74) is 0. The maximum Gasteiger partial charge on any atom is 0.318 e. The van der Waals surface area contributed by atoms with Gasteiger partial charge in [-0.2, -0.15) is 0 Å². The SMILES string of the molecule is Cn1cnnc1[C@H]1CCCN1C(=O)NCCn1cccc1. The fraction of sp³-hybridized carbons (Fsp3) is 0.500. The standard InChI is InChI=1S/C14H20N6O/c1-18-11-16-17-13(18)12-5-4-9-20(12)14(21)15-6-10-19-7-2-3-8-19/h2-3,7-8,11-12H,4-6,9-10H2,1H3,(H,15,21)/t12-/m1/s1. The van der Waals surface area contributed by atoms with E-state index in [9.17, 15) is 4.79 Å². The molecule has 1 aliphatic heterocycles. The number of nitrogens with one attached hydrogen (secondary N) is 1. The highest BCUT2D eigenvalue weighted by Gasteiger charge is 2.32. The molecular formula is C14H20N6O. The first-order valence-corrected chi connectivity index (χ1v) is 7.25. The van der Waals surface area contributed by atoms with Gasteiger partial charge in [0.2, 0.25) is 0 Å². The predicted octanol–water partition coefficient (Wildman–Crippen LogP) is 1.16. The zero-order valence-corrected chi connectivity index (χ0v) is 12.1. The number of urea groups is 1. The molecule has 0 aliphatic carbocycles. The lowest BCUT2D eigenvalue weighted by Crippen LogP contribution is -2.41. The van der Waals surface area contributed by atoms with E-state index in [1.165, 1.54) is 0 Å². The molecule has 1 saturated heterocycles. The minimum atomic E-state index is -0.0207. The van der Waals surface area contributed by atoms with Crippen molar-refractivity contribution in [1.82, 2.24) is 29.5 Å².